The maximum Gasteiger partial charge on any atom is 0.128 e. The Morgan fingerprint density at radius 3 is 3.00 bits per heavy atom. The van der Waals surface area contributed by atoms with E-state index in [1.165, 1.54) is 12.2 Å². The second-order valence-corrected chi connectivity index (χ2v) is 6.23. The lowest BCUT2D eigenvalue weighted by atomic mass is 9.91. The van der Waals surface area contributed by atoms with Crippen LogP contribution in [0.5, 0.6) is 0 Å². The van der Waals surface area contributed by atoms with Gasteiger partial charge >= 0.3 is 0 Å². The van der Waals surface area contributed by atoms with E-state index in [-0.39, 0.29) is 11.9 Å². The summed E-state index contributed by atoms with van der Waals surface area (Å²) < 4.78 is 14.1. The molecular formula is C15H22FNS. The standard InChI is InChI=1S/C15H22FNS/c1-3-7-17-15(12-6-8-18-10-12)13-9-11(2)4-5-14(13)16/h4-5,9,12,15,17H,3,6-8,10H2,1-2H3. The van der Waals surface area contributed by atoms with Crippen LogP contribution in [0.15, 0.2) is 18.2 Å². The van der Waals surface area contributed by atoms with E-state index in [4.69, 9.17) is 0 Å². The van der Waals surface area contributed by atoms with Crippen molar-refractivity contribution in [1.29, 1.82) is 0 Å². The summed E-state index contributed by atoms with van der Waals surface area (Å²) in [5, 5.41) is 3.54. The number of hydrogen-bond acceptors (Lipinski definition) is 2. The molecule has 0 aromatic heterocycles. The molecule has 0 amide bonds. The van der Waals surface area contributed by atoms with Gasteiger partial charge in [0.2, 0.25) is 0 Å². The highest BCUT2D eigenvalue weighted by Crippen LogP contribution is 2.35. The van der Waals surface area contributed by atoms with Gasteiger partial charge in [-0.2, -0.15) is 11.8 Å². The van der Waals surface area contributed by atoms with Crippen LogP contribution < -0.4 is 5.32 Å². The smallest absolute Gasteiger partial charge is 0.128 e. The fourth-order valence-electron chi connectivity index (χ4n) is 2.55. The zero-order valence-corrected chi connectivity index (χ0v) is 12.0. The van der Waals surface area contributed by atoms with Crippen LogP contribution in [0.3, 0.4) is 0 Å². The number of nitrogens with one attached hydrogen (secondary N) is 1. The van der Waals surface area contributed by atoms with Crippen LogP contribution in [0, 0.1) is 18.7 Å². The van der Waals surface area contributed by atoms with Crippen molar-refractivity contribution < 1.29 is 4.39 Å². The summed E-state index contributed by atoms with van der Waals surface area (Å²) in [5.74, 6) is 2.86. The normalized spacial score (nSPS) is 21.2. The van der Waals surface area contributed by atoms with E-state index in [0.717, 1.165) is 29.8 Å². The second-order valence-electron chi connectivity index (χ2n) is 5.08. The number of rotatable bonds is 5. The largest absolute Gasteiger partial charge is 0.310 e. The first-order valence-corrected chi connectivity index (χ1v) is 7.95. The first kappa shape index (κ1) is 13.9. The molecule has 0 saturated carbocycles. The summed E-state index contributed by atoms with van der Waals surface area (Å²) >= 11 is 1.99. The number of hydrogen-bond donors (Lipinski definition) is 1. The highest BCUT2D eigenvalue weighted by atomic mass is 32.2. The molecule has 1 fully saturated rings. The lowest BCUT2D eigenvalue weighted by Crippen LogP contribution is -2.30. The predicted molar refractivity (Wildman–Crippen MR) is 77.6 cm³/mol. The van der Waals surface area contributed by atoms with Gasteiger partial charge in [-0.1, -0.05) is 24.6 Å². The van der Waals surface area contributed by atoms with Gasteiger partial charge in [0.05, 0.1) is 0 Å². The summed E-state index contributed by atoms with van der Waals surface area (Å²) in [6, 6.07) is 5.64. The highest BCUT2D eigenvalue weighted by Gasteiger charge is 2.28. The molecule has 100 valence electrons. The van der Waals surface area contributed by atoms with Gasteiger partial charge in [0.15, 0.2) is 0 Å². The third-order valence-electron chi connectivity index (χ3n) is 3.54. The van der Waals surface area contributed by atoms with Gasteiger partial charge in [-0.05, 0) is 49.8 Å². The molecule has 0 bridgehead atoms. The lowest BCUT2D eigenvalue weighted by Gasteiger charge is -2.25. The number of aryl methyl sites for hydroxylation is 1. The van der Waals surface area contributed by atoms with Crippen LogP contribution in [-0.2, 0) is 0 Å². The average Bonchev–Trinajstić information content (AvgIpc) is 2.88. The molecule has 2 unspecified atom stereocenters. The summed E-state index contributed by atoms with van der Waals surface area (Å²) in [6.07, 6.45) is 2.28. The first-order valence-electron chi connectivity index (χ1n) is 6.79. The van der Waals surface area contributed by atoms with Crippen molar-refractivity contribution in [2.24, 2.45) is 5.92 Å². The van der Waals surface area contributed by atoms with Gasteiger partial charge < -0.3 is 5.32 Å². The van der Waals surface area contributed by atoms with Crippen LogP contribution in [-0.4, -0.2) is 18.1 Å². The minimum Gasteiger partial charge on any atom is -0.310 e. The van der Waals surface area contributed by atoms with Crippen molar-refractivity contribution in [3.05, 3.63) is 35.1 Å². The molecule has 0 aliphatic carbocycles. The Balaban J connectivity index is 2.23. The third-order valence-corrected chi connectivity index (χ3v) is 4.73. The fraction of sp³-hybridized carbons (Fsp3) is 0.600. The minimum atomic E-state index is -0.0638. The topological polar surface area (TPSA) is 12.0 Å². The summed E-state index contributed by atoms with van der Waals surface area (Å²) in [6.45, 7) is 5.14. The molecule has 0 radical (unpaired) electrons. The molecule has 18 heavy (non-hydrogen) atoms. The van der Waals surface area contributed by atoms with Gasteiger partial charge in [-0.25, -0.2) is 4.39 Å². The summed E-state index contributed by atoms with van der Waals surface area (Å²) in [5.41, 5.74) is 2.00. The van der Waals surface area contributed by atoms with Crippen molar-refractivity contribution in [2.75, 3.05) is 18.1 Å². The molecule has 2 atom stereocenters. The maximum atomic E-state index is 14.1. The molecule has 1 aromatic carbocycles. The molecule has 2 rings (SSSR count). The molecule has 1 aromatic rings. The maximum absolute atomic E-state index is 14.1. The minimum absolute atomic E-state index is 0.0638. The Bertz CT molecular complexity index is 388. The third kappa shape index (κ3) is 3.27. The molecular weight excluding hydrogens is 245 g/mol. The molecule has 1 nitrogen and oxygen atoms in total. The van der Waals surface area contributed by atoms with Crippen LogP contribution >= 0.6 is 11.8 Å². The second kappa shape index (κ2) is 6.58. The Morgan fingerprint density at radius 1 is 1.50 bits per heavy atom. The Hall–Kier alpha value is -0.540. The van der Waals surface area contributed by atoms with E-state index in [2.05, 4.69) is 12.2 Å². The van der Waals surface area contributed by atoms with Gasteiger partial charge in [0.1, 0.15) is 5.82 Å². The Kier molecular flexibility index (Phi) is 5.07. The monoisotopic (exact) mass is 267 g/mol. The van der Waals surface area contributed by atoms with E-state index in [9.17, 15) is 4.39 Å². The molecule has 1 heterocycles. The van der Waals surface area contributed by atoms with E-state index in [1.54, 1.807) is 6.07 Å². The van der Waals surface area contributed by atoms with E-state index in [1.807, 2.05) is 30.8 Å². The van der Waals surface area contributed by atoms with Crippen LogP contribution in [0.1, 0.15) is 36.9 Å². The number of thioether (sulfide) groups is 1. The van der Waals surface area contributed by atoms with Crippen molar-refractivity contribution in [1.82, 2.24) is 5.32 Å². The first-order chi connectivity index (χ1) is 8.72. The van der Waals surface area contributed by atoms with Gasteiger partial charge in [-0.3, -0.25) is 0 Å². The van der Waals surface area contributed by atoms with E-state index in [0.29, 0.717) is 5.92 Å². The van der Waals surface area contributed by atoms with Gasteiger partial charge in [0, 0.05) is 11.6 Å². The Labute approximate surface area is 114 Å². The van der Waals surface area contributed by atoms with Crippen molar-refractivity contribution >= 4 is 11.8 Å². The number of benzene rings is 1. The SMILES string of the molecule is CCCNC(c1cc(C)ccc1F)C1CCSC1. The van der Waals surface area contributed by atoms with Gasteiger partial charge in [-0.15, -0.1) is 0 Å². The Morgan fingerprint density at radius 2 is 2.33 bits per heavy atom. The molecule has 1 aliphatic heterocycles. The zero-order valence-electron chi connectivity index (χ0n) is 11.2. The van der Waals surface area contributed by atoms with Crippen molar-refractivity contribution in [3.8, 4) is 0 Å². The van der Waals surface area contributed by atoms with Crippen LogP contribution in [0.2, 0.25) is 0 Å². The average molecular weight is 267 g/mol. The van der Waals surface area contributed by atoms with Crippen LogP contribution in [0.25, 0.3) is 0 Å². The quantitative estimate of drug-likeness (QED) is 0.867. The summed E-state index contributed by atoms with van der Waals surface area (Å²) in [7, 11) is 0. The van der Waals surface area contributed by atoms with Gasteiger partial charge in [0.25, 0.3) is 0 Å². The van der Waals surface area contributed by atoms with Crippen molar-refractivity contribution in [3.63, 3.8) is 0 Å². The molecule has 0 spiro atoms. The zero-order chi connectivity index (χ0) is 13.0. The predicted octanol–water partition coefficient (Wildman–Crippen LogP) is 3.93. The fourth-order valence-corrected chi connectivity index (χ4v) is 3.85. The van der Waals surface area contributed by atoms with Crippen LogP contribution in [0.4, 0.5) is 4.39 Å². The lowest BCUT2D eigenvalue weighted by molar-refractivity contribution is 0.381. The molecule has 1 N–H and O–H groups in total. The molecule has 3 heteroatoms. The molecule has 1 saturated heterocycles. The molecule has 1 aliphatic rings. The van der Waals surface area contributed by atoms with E-state index < -0.39 is 0 Å². The summed E-state index contributed by atoms with van der Waals surface area (Å²) in [4.78, 5) is 0. The number of halogens is 1. The van der Waals surface area contributed by atoms with E-state index >= 15 is 0 Å². The highest BCUT2D eigenvalue weighted by molar-refractivity contribution is 7.99. The van der Waals surface area contributed by atoms with Crippen molar-refractivity contribution in [2.45, 2.75) is 32.7 Å².